The lowest BCUT2D eigenvalue weighted by Gasteiger charge is -2.02. The Balaban J connectivity index is 2.11. The average molecular weight is 306 g/mol. The molecule has 1 aromatic heterocycles. The number of benzene rings is 2. The van der Waals surface area contributed by atoms with Crippen molar-refractivity contribution in [2.24, 2.45) is 5.73 Å². The second-order valence-electron chi connectivity index (χ2n) is 4.69. The molecule has 23 heavy (non-hydrogen) atoms. The number of nitrogens with two attached hydrogens (primary N) is 1. The lowest BCUT2D eigenvalue weighted by Crippen LogP contribution is -2.13. The summed E-state index contributed by atoms with van der Waals surface area (Å²) in [5, 5.41) is 10.00. The number of nitrogens with one attached hydrogen (secondary N) is 1. The maximum atomic E-state index is 13.6. The van der Waals surface area contributed by atoms with Crippen molar-refractivity contribution < 1.29 is 9.18 Å². The number of carbonyl (C=O) groups excluding carboxylic acids is 1. The Morgan fingerprint density at radius 2 is 1.87 bits per heavy atom. The number of hydrogen-bond acceptors (Lipinski definition) is 3. The van der Waals surface area contributed by atoms with E-state index in [1.807, 2.05) is 30.3 Å². The third-order valence-corrected chi connectivity index (χ3v) is 3.13. The number of halogens is 1. The van der Waals surface area contributed by atoms with Crippen LogP contribution in [0.15, 0.2) is 48.5 Å². The maximum absolute atomic E-state index is 13.6. The van der Waals surface area contributed by atoms with Crippen molar-refractivity contribution in [2.45, 2.75) is 0 Å². The smallest absolute Gasteiger partial charge is 0.271 e. The van der Waals surface area contributed by atoms with Crippen LogP contribution in [-0.2, 0) is 0 Å². The molecule has 0 radical (unpaired) electrons. The predicted molar refractivity (Wildman–Crippen MR) is 82.7 cm³/mol. The van der Waals surface area contributed by atoms with Gasteiger partial charge in [0.15, 0.2) is 5.69 Å². The number of primary amides is 1. The third-order valence-electron chi connectivity index (χ3n) is 3.13. The van der Waals surface area contributed by atoms with Crippen LogP contribution < -0.4 is 5.73 Å². The standard InChI is InChI=1S/C17H11FN4O/c18-13-8-9-14(15-16(17(19)23)21-22-20-15)12(10-13)7-6-11-4-2-1-3-5-11/h1-5,8-10H,(H2,19,23)(H,20,21,22). The number of amides is 1. The average Bonchev–Trinajstić information content (AvgIpc) is 3.03. The first-order valence-electron chi connectivity index (χ1n) is 6.72. The van der Waals surface area contributed by atoms with Crippen LogP contribution in [0.5, 0.6) is 0 Å². The van der Waals surface area contributed by atoms with Crippen molar-refractivity contribution >= 4 is 5.91 Å². The van der Waals surface area contributed by atoms with Gasteiger partial charge in [-0.15, -0.1) is 0 Å². The van der Waals surface area contributed by atoms with Gasteiger partial charge >= 0.3 is 0 Å². The van der Waals surface area contributed by atoms with Crippen molar-refractivity contribution in [1.29, 1.82) is 0 Å². The van der Waals surface area contributed by atoms with Gasteiger partial charge in [-0.05, 0) is 30.3 Å². The zero-order valence-corrected chi connectivity index (χ0v) is 11.9. The van der Waals surface area contributed by atoms with Gasteiger partial charge in [-0.2, -0.15) is 15.4 Å². The molecule has 0 aliphatic heterocycles. The molecule has 0 atom stereocenters. The highest BCUT2D eigenvalue weighted by atomic mass is 19.1. The minimum absolute atomic E-state index is 0.0145. The highest BCUT2D eigenvalue weighted by Crippen LogP contribution is 2.24. The molecule has 5 nitrogen and oxygen atoms in total. The molecule has 3 rings (SSSR count). The zero-order valence-electron chi connectivity index (χ0n) is 11.9. The summed E-state index contributed by atoms with van der Waals surface area (Å²) < 4.78 is 13.6. The lowest BCUT2D eigenvalue weighted by atomic mass is 10.0. The highest BCUT2D eigenvalue weighted by molar-refractivity contribution is 5.97. The zero-order chi connectivity index (χ0) is 16.2. The van der Waals surface area contributed by atoms with Crippen LogP contribution >= 0.6 is 0 Å². The SMILES string of the molecule is NC(=O)c1n[nH]nc1-c1ccc(F)cc1C#Cc1ccccc1. The summed E-state index contributed by atoms with van der Waals surface area (Å²) in [6.45, 7) is 0. The van der Waals surface area contributed by atoms with Crippen molar-refractivity contribution in [3.05, 3.63) is 71.2 Å². The van der Waals surface area contributed by atoms with Crippen molar-refractivity contribution in [2.75, 3.05) is 0 Å². The molecule has 112 valence electrons. The van der Waals surface area contributed by atoms with Crippen LogP contribution in [0.25, 0.3) is 11.3 Å². The molecule has 0 aliphatic rings. The Bertz CT molecular complexity index is 923. The molecule has 2 aromatic carbocycles. The van der Waals surface area contributed by atoms with Crippen molar-refractivity contribution in [1.82, 2.24) is 15.4 Å². The molecule has 1 amide bonds. The van der Waals surface area contributed by atoms with E-state index in [1.165, 1.54) is 18.2 Å². The van der Waals surface area contributed by atoms with Gasteiger partial charge in [-0.3, -0.25) is 4.79 Å². The van der Waals surface area contributed by atoms with Gasteiger partial charge in [0.2, 0.25) is 0 Å². The van der Waals surface area contributed by atoms with Crippen LogP contribution in [0.1, 0.15) is 21.6 Å². The molecule has 6 heteroatoms. The van der Waals surface area contributed by atoms with Gasteiger partial charge in [0.25, 0.3) is 5.91 Å². The Morgan fingerprint density at radius 3 is 2.61 bits per heavy atom. The fourth-order valence-corrected chi connectivity index (χ4v) is 2.08. The highest BCUT2D eigenvalue weighted by Gasteiger charge is 2.17. The lowest BCUT2D eigenvalue weighted by molar-refractivity contribution is 0.0996. The van der Waals surface area contributed by atoms with E-state index in [-0.39, 0.29) is 11.4 Å². The predicted octanol–water partition coefficient (Wildman–Crippen LogP) is 2.11. The third kappa shape index (κ3) is 3.09. The van der Waals surface area contributed by atoms with Gasteiger partial charge in [0, 0.05) is 16.7 Å². The van der Waals surface area contributed by atoms with Crippen LogP contribution in [0.4, 0.5) is 4.39 Å². The van der Waals surface area contributed by atoms with Crippen LogP contribution in [0.2, 0.25) is 0 Å². The molecule has 0 unspecified atom stereocenters. The number of aromatic amines is 1. The van der Waals surface area contributed by atoms with Gasteiger partial charge in [0.05, 0.1) is 0 Å². The number of hydrogen-bond donors (Lipinski definition) is 2. The van der Waals surface area contributed by atoms with E-state index in [4.69, 9.17) is 5.73 Å². The molecule has 0 bridgehead atoms. The number of rotatable bonds is 2. The fraction of sp³-hybridized carbons (Fsp3) is 0. The number of nitrogens with zero attached hydrogens (tertiary/aromatic N) is 2. The van der Waals surface area contributed by atoms with E-state index < -0.39 is 11.7 Å². The van der Waals surface area contributed by atoms with E-state index in [2.05, 4.69) is 27.3 Å². The summed E-state index contributed by atoms with van der Waals surface area (Å²) in [7, 11) is 0. The summed E-state index contributed by atoms with van der Waals surface area (Å²) in [4.78, 5) is 11.4. The van der Waals surface area contributed by atoms with Gasteiger partial charge in [-0.25, -0.2) is 4.39 Å². The molecule has 0 fully saturated rings. The van der Waals surface area contributed by atoms with Crippen molar-refractivity contribution in [3.8, 4) is 23.1 Å². The van der Waals surface area contributed by atoms with Gasteiger partial charge in [-0.1, -0.05) is 30.0 Å². The molecule has 0 saturated heterocycles. The van der Waals surface area contributed by atoms with Gasteiger partial charge < -0.3 is 5.73 Å². The Labute approximate surface area is 131 Å². The Hall–Kier alpha value is -3.46. The number of H-pyrrole nitrogens is 1. The molecular weight excluding hydrogens is 295 g/mol. The quantitative estimate of drug-likeness (QED) is 0.711. The second-order valence-corrected chi connectivity index (χ2v) is 4.69. The molecule has 0 saturated carbocycles. The van der Waals surface area contributed by atoms with Crippen LogP contribution in [0.3, 0.4) is 0 Å². The minimum atomic E-state index is -0.722. The summed E-state index contributed by atoms with van der Waals surface area (Å²) in [5.41, 5.74) is 7.17. The summed E-state index contributed by atoms with van der Waals surface area (Å²) in [6, 6.07) is 13.3. The molecule has 0 spiro atoms. The van der Waals surface area contributed by atoms with E-state index in [9.17, 15) is 9.18 Å². The Kier molecular flexibility index (Phi) is 3.85. The first-order valence-corrected chi connectivity index (χ1v) is 6.72. The molecule has 3 N–H and O–H groups in total. The summed E-state index contributed by atoms with van der Waals surface area (Å²) in [6.07, 6.45) is 0. The monoisotopic (exact) mass is 306 g/mol. The van der Waals surface area contributed by atoms with Crippen LogP contribution in [0, 0.1) is 17.7 Å². The first kappa shape index (κ1) is 14.5. The summed E-state index contributed by atoms with van der Waals surface area (Å²) >= 11 is 0. The molecule has 0 aliphatic carbocycles. The van der Waals surface area contributed by atoms with E-state index >= 15 is 0 Å². The van der Waals surface area contributed by atoms with E-state index in [0.717, 1.165) is 5.56 Å². The van der Waals surface area contributed by atoms with E-state index in [1.54, 1.807) is 0 Å². The number of aromatic nitrogens is 3. The first-order chi connectivity index (χ1) is 11.1. The van der Waals surface area contributed by atoms with Crippen molar-refractivity contribution in [3.63, 3.8) is 0 Å². The maximum Gasteiger partial charge on any atom is 0.271 e. The summed E-state index contributed by atoms with van der Waals surface area (Å²) in [5.74, 6) is 4.69. The molecular formula is C17H11FN4O. The topological polar surface area (TPSA) is 84.7 Å². The van der Waals surface area contributed by atoms with Gasteiger partial charge in [0.1, 0.15) is 11.5 Å². The fourth-order valence-electron chi connectivity index (χ4n) is 2.08. The number of carbonyl (C=O) groups is 1. The Morgan fingerprint density at radius 1 is 1.09 bits per heavy atom. The van der Waals surface area contributed by atoms with E-state index in [0.29, 0.717) is 11.1 Å². The second kappa shape index (κ2) is 6.12. The normalized spacial score (nSPS) is 9.96. The minimum Gasteiger partial charge on any atom is -0.364 e. The van der Waals surface area contributed by atoms with Crippen LogP contribution in [-0.4, -0.2) is 21.3 Å². The molecule has 3 aromatic rings. The molecule has 1 heterocycles. The largest absolute Gasteiger partial charge is 0.364 e.